The van der Waals surface area contributed by atoms with E-state index in [9.17, 15) is 18.0 Å². The molecule has 39 heavy (non-hydrogen) atoms. The predicted octanol–water partition coefficient (Wildman–Crippen LogP) is 5.82. The van der Waals surface area contributed by atoms with Gasteiger partial charge in [0.05, 0.1) is 19.8 Å². The molecule has 2 aromatic carbocycles. The number of carbonyl (C=O) groups is 1. The molecule has 1 aliphatic rings. The third-order valence-electron chi connectivity index (χ3n) is 7.43. The van der Waals surface area contributed by atoms with Gasteiger partial charge < -0.3 is 18.9 Å². The maximum absolute atomic E-state index is 12.8. The Hall–Kier alpha value is -3.46. The van der Waals surface area contributed by atoms with Gasteiger partial charge in [-0.25, -0.2) is 0 Å². The summed E-state index contributed by atoms with van der Waals surface area (Å²) in [5, 5.41) is 0. The van der Waals surface area contributed by atoms with Crippen LogP contribution in [0.5, 0.6) is 11.5 Å². The van der Waals surface area contributed by atoms with E-state index in [1.165, 1.54) is 12.1 Å². The summed E-state index contributed by atoms with van der Waals surface area (Å²) in [6, 6.07) is 13.0. The number of amides is 1. The van der Waals surface area contributed by atoms with Crippen LogP contribution in [0.15, 0.2) is 60.9 Å². The quantitative estimate of drug-likeness (QED) is 0.324. The predicted molar refractivity (Wildman–Crippen MR) is 144 cm³/mol. The van der Waals surface area contributed by atoms with E-state index in [2.05, 4.69) is 4.90 Å². The number of alkyl halides is 3. The highest BCUT2D eigenvalue weighted by atomic mass is 19.4. The average Bonchev–Trinajstić information content (AvgIpc) is 3.40. The molecule has 6 nitrogen and oxygen atoms in total. The summed E-state index contributed by atoms with van der Waals surface area (Å²) in [4.78, 5) is 17.0. The number of likely N-dealkylation sites (N-methyl/N-ethyl adjacent to an activating group) is 1. The second-order valence-electron chi connectivity index (χ2n) is 10.1. The van der Waals surface area contributed by atoms with Crippen molar-refractivity contribution < 1.29 is 27.4 Å². The zero-order valence-corrected chi connectivity index (χ0v) is 22.7. The van der Waals surface area contributed by atoms with E-state index in [0.717, 1.165) is 62.2 Å². The maximum Gasteiger partial charge on any atom is 0.416 e. The van der Waals surface area contributed by atoms with Gasteiger partial charge in [0.15, 0.2) is 11.5 Å². The number of nitrogens with zero attached hydrogens (tertiary/aromatic N) is 3. The van der Waals surface area contributed by atoms with Crippen molar-refractivity contribution >= 4 is 5.91 Å². The summed E-state index contributed by atoms with van der Waals surface area (Å²) < 4.78 is 51.0. The summed E-state index contributed by atoms with van der Waals surface area (Å²) in [5.41, 5.74) is 2.25. The molecule has 1 aliphatic heterocycles. The van der Waals surface area contributed by atoms with Crippen molar-refractivity contribution in [2.75, 3.05) is 40.9 Å². The van der Waals surface area contributed by atoms with Gasteiger partial charge in [-0.2, -0.15) is 13.2 Å². The monoisotopic (exact) mass is 543 g/mol. The minimum atomic E-state index is -4.33. The van der Waals surface area contributed by atoms with Gasteiger partial charge in [-0.05, 0) is 91.9 Å². The van der Waals surface area contributed by atoms with Crippen molar-refractivity contribution in [3.63, 3.8) is 0 Å². The molecule has 1 amide bonds. The summed E-state index contributed by atoms with van der Waals surface area (Å²) in [7, 11) is 5.08. The van der Waals surface area contributed by atoms with Gasteiger partial charge in [-0.3, -0.25) is 9.69 Å². The molecule has 0 aliphatic carbocycles. The molecule has 1 saturated heterocycles. The van der Waals surface area contributed by atoms with Crippen molar-refractivity contribution in [1.82, 2.24) is 14.4 Å². The Kier molecular flexibility index (Phi) is 9.22. The number of ether oxygens (including phenoxy) is 2. The fourth-order valence-electron chi connectivity index (χ4n) is 4.98. The first-order chi connectivity index (χ1) is 18.7. The smallest absolute Gasteiger partial charge is 0.416 e. The van der Waals surface area contributed by atoms with Gasteiger partial charge in [-0.1, -0.05) is 6.07 Å². The molecule has 0 bridgehead atoms. The van der Waals surface area contributed by atoms with Crippen molar-refractivity contribution in [3.05, 3.63) is 77.6 Å². The van der Waals surface area contributed by atoms with Crippen molar-refractivity contribution in [2.24, 2.45) is 5.92 Å². The first kappa shape index (κ1) is 28.5. The number of benzene rings is 2. The number of likely N-dealkylation sites (tertiary alicyclic amines) is 1. The number of halogens is 3. The Morgan fingerprint density at radius 3 is 2.31 bits per heavy atom. The van der Waals surface area contributed by atoms with Gasteiger partial charge in [0, 0.05) is 44.6 Å². The standard InChI is InChI=1S/C30H36F3N3O3/c1-34(14-10-22-4-9-27(38-2)28(18-22)39-3)29(37)19-23-11-15-35(16-12-23)20-24-13-17-36(21-24)26-7-5-25(6-8-26)30(31,32)33/h4-9,13,17-18,21,23H,10-12,14-16,19-20H2,1-3H3. The molecule has 1 aromatic heterocycles. The molecule has 9 heteroatoms. The van der Waals surface area contributed by atoms with Crippen LogP contribution in [-0.2, 0) is 23.9 Å². The number of rotatable bonds is 10. The second kappa shape index (κ2) is 12.6. The van der Waals surface area contributed by atoms with E-state index in [4.69, 9.17) is 9.47 Å². The van der Waals surface area contributed by atoms with Crippen LogP contribution < -0.4 is 9.47 Å². The highest BCUT2D eigenvalue weighted by Crippen LogP contribution is 2.30. The van der Waals surface area contributed by atoms with Crippen LogP contribution in [0.3, 0.4) is 0 Å². The van der Waals surface area contributed by atoms with E-state index in [0.29, 0.717) is 36.1 Å². The Labute approximate surface area is 227 Å². The van der Waals surface area contributed by atoms with Crippen LogP contribution in [0.1, 0.15) is 36.0 Å². The molecule has 2 heterocycles. The number of aromatic nitrogens is 1. The number of piperidine rings is 1. The number of methoxy groups -OCH3 is 2. The van der Waals surface area contributed by atoms with Crippen LogP contribution in [0.2, 0.25) is 0 Å². The Bertz CT molecular complexity index is 1230. The van der Waals surface area contributed by atoms with Gasteiger partial charge in [0.25, 0.3) is 0 Å². The Morgan fingerprint density at radius 1 is 0.974 bits per heavy atom. The molecule has 0 N–H and O–H groups in total. The highest BCUT2D eigenvalue weighted by molar-refractivity contribution is 5.76. The number of carbonyl (C=O) groups excluding carboxylic acids is 1. The Balaban J connectivity index is 1.20. The van der Waals surface area contributed by atoms with Crippen molar-refractivity contribution in [1.29, 1.82) is 0 Å². The highest BCUT2D eigenvalue weighted by Gasteiger charge is 2.30. The lowest BCUT2D eigenvalue weighted by Gasteiger charge is -2.32. The van der Waals surface area contributed by atoms with Crippen LogP contribution in [0, 0.1) is 5.92 Å². The molecule has 3 aromatic rings. The zero-order chi connectivity index (χ0) is 28.0. The Morgan fingerprint density at radius 2 is 1.67 bits per heavy atom. The molecular weight excluding hydrogens is 507 g/mol. The molecule has 0 unspecified atom stereocenters. The van der Waals surface area contributed by atoms with Crippen LogP contribution >= 0.6 is 0 Å². The first-order valence-electron chi connectivity index (χ1n) is 13.2. The minimum absolute atomic E-state index is 0.169. The van der Waals surface area contributed by atoms with Crippen molar-refractivity contribution in [2.45, 2.75) is 38.4 Å². The fraction of sp³-hybridized carbons (Fsp3) is 0.433. The first-order valence-corrected chi connectivity index (χ1v) is 13.2. The summed E-state index contributed by atoms with van der Waals surface area (Å²) in [5.74, 6) is 1.91. The lowest BCUT2D eigenvalue weighted by atomic mass is 9.92. The van der Waals surface area contributed by atoms with E-state index >= 15 is 0 Å². The molecule has 4 rings (SSSR count). The average molecular weight is 544 g/mol. The SMILES string of the molecule is COc1ccc(CCN(C)C(=O)CC2CCN(Cc3ccn(-c4ccc(C(F)(F)F)cc4)c3)CC2)cc1OC. The van der Waals surface area contributed by atoms with Crippen LogP contribution in [-0.4, -0.2) is 61.2 Å². The molecular formula is C30H36F3N3O3. The number of hydrogen-bond acceptors (Lipinski definition) is 4. The lowest BCUT2D eigenvalue weighted by Crippen LogP contribution is -2.36. The number of hydrogen-bond donors (Lipinski definition) is 0. The van der Waals surface area contributed by atoms with E-state index in [-0.39, 0.29) is 5.91 Å². The van der Waals surface area contributed by atoms with Gasteiger partial charge >= 0.3 is 6.18 Å². The third-order valence-corrected chi connectivity index (χ3v) is 7.43. The van der Waals surface area contributed by atoms with Crippen LogP contribution in [0.4, 0.5) is 13.2 Å². The summed E-state index contributed by atoms with van der Waals surface area (Å²) in [6.45, 7) is 3.25. The molecule has 0 saturated carbocycles. The second-order valence-corrected chi connectivity index (χ2v) is 10.1. The topological polar surface area (TPSA) is 46.9 Å². The fourth-order valence-corrected chi connectivity index (χ4v) is 4.98. The van der Waals surface area contributed by atoms with Gasteiger partial charge in [0.1, 0.15) is 0 Å². The zero-order valence-electron chi connectivity index (χ0n) is 22.7. The largest absolute Gasteiger partial charge is 0.493 e. The third kappa shape index (κ3) is 7.56. The van der Waals surface area contributed by atoms with Crippen LogP contribution in [0.25, 0.3) is 5.69 Å². The van der Waals surface area contributed by atoms with Gasteiger partial charge in [0.2, 0.25) is 5.91 Å². The van der Waals surface area contributed by atoms with E-state index in [1.807, 2.05) is 53.2 Å². The van der Waals surface area contributed by atoms with Crippen molar-refractivity contribution in [3.8, 4) is 17.2 Å². The summed E-state index contributed by atoms with van der Waals surface area (Å²) >= 11 is 0. The molecule has 0 radical (unpaired) electrons. The van der Waals surface area contributed by atoms with E-state index in [1.54, 1.807) is 14.2 Å². The molecule has 0 atom stereocenters. The molecule has 210 valence electrons. The minimum Gasteiger partial charge on any atom is -0.493 e. The maximum atomic E-state index is 12.8. The van der Waals surface area contributed by atoms with E-state index < -0.39 is 11.7 Å². The molecule has 0 spiro atoms. The van der Waals surface area contributed by atoms with Gasteiger partial charge in [-0.15, -0.1) is 0 Å². The normalized spacial score (nSPS) is 14.8. The lowest BCUT2D eigenvalue weighted by molar-refractivity contribution is -0.137. The molecule has 1 fully saturated rings. The summed E-state index contributed by atoms with van der Waals surface area (Å²) in [6.07, 6.45) is 2.74.